The number of nitrogens with zero attached hydrogens (tertiary/aromatic N) is 1. The molecule has 8 nitrogen and oxygen atoms in total. The van der Waals surface area contributed by atoms with Crippen LogP contribution in [0, 0.1) is 0 Å². The molecule has 2 amide bonds. The topological polar surface area (TPSA) is 119 Å². The standard InChI is InChI=1S/C13H17N3O5S/c1-8(17)15-9-3-4-12(21-2)11(5-9)16-7-10(6-13(16)18)22(14,19)20/h3-5,10H,6-7H2,1-2H3,(H,15,17)(H2,14,19,20). The predicted molar refractivity (Wildman–Crippen MR) is 81.2 cm³/mol. The van der Waals surface area contributed by atoms with E-state index in [1.54, 1.807) is 18.2 Å². The zero-order valence-electron chi connectivity index (χ0n) is 12.2. The van der Waals surface area contributed by atoms with Gasteiger partial charge in [-0.15, -0.1) is 0 Å². The minimum atomic E-state index is -3.80. The molecule has 120 valence electrons. The SMILES string of the molecule is COc1ccc(NC(C)=O)cc1N1CC(S(N)(=O)=O)CC1=O. The molecule has 1 heterocycles. The maximum atomic E-state index is 12.1. The van der Waals surface area contributed by atoms with Crippen molar-refractivity contribution < 1.29 is 22.7 Å². The van der Waals surface area contributed by atoms with Crippen LogP contribution in [0.15, 0.2) is 18.2 Å². The van der Waals surface area contributed by atoms with Crippen molar-refractivity contribution in [3.05, 3.63) is 18.2 Å². The summed E-state index contributed by atoms with van der Waals surface area (Å²) in [7, 11) is -2.36. The van der Waals surface area contributed by atoms with Crippen molar-refractivity contribution in [3.8, 4) is 5.75 Å². The highest BCUT2D eigenvalue weighted by Gasteiger charge is 2.38. The van der Waals surface area contributed by atoms with Gasteiger partial charge < -0.3 is 15.0 Å². The number of benzene rings is 1. The fraction of sp³-hybridized carbons (Fsp3) is 0.385. The second kappa shape index (κ2) is 5.93. The second-order valence-corrected chi connectivity index (χ2v) is 6.83. The van der Waals surface area contributed by atoms with Gasteiger partial charge in [0.25, 0.3) is 0 Å². The molecule has 2 rings (SSSR count). The number of rotatable bonds is 4. The Balaban J connectivity index is 2.38. The lowest BCUT2D eigenvalue weighted by molar-refractivity contribution is -0.117. The van der Waals surface area contributed by atoms with Gasteiger partial charge in [0.1, 0.15) is 11.0 Å². The van der Waals surface area contributed by atoms with E-state index in [-0.39, 0.29) is 24.8 Å². The van der Waals surface area contributed by atoms with Crippen LogP contribution in [-0.4, -0.2) is 39.1 Å². The smallest absolute Gasteiger partial charge is 0.228 e. The van der Waals surface area contributed by atoms with Gasteiger partial charge in [-0.25, -0.2) is 13.6 Å². The van der Waals surface area contributed by atoms with Crippen LogP contribution < -0.4 is 20.1 Å². The molecule has 1 aliphatic rings. The third-order valence-corrected chi connectivity index (χ3v) is 4.59. The van der Waals surface area contributed by atoms with Gasteiger partial charge >= 0.3 is 0 Å². The molecule has 1 aromatic carbocycles. The Hall–Kier alpha value is -2.13. The van der Waals surface area contributed by atoms with E-state index in [1.165, 1.54) is 18.9 Å². The zero-order chi connectivity index (χ0) is 16.5. The summed E-state index contributed by atoms with van der Waals surface area (Å²) in [4.78, 5) is 24.5. The highest BCUT2D eigenvalue weighted by molar-refractivity contribution is 7.89. The Morgan fingerprint density at radius 1 is 1.45 bits per heavy atom. The first-order valence-corrected chi connectivity index (χ1v) is 8.11. The van der Waals surface area contributed by atoms with E-state index in [1.807, 2.05) is 0 Å². The number of hydrogen-bond acceptors (Lipinski definition) is 5. The molecule has 3 N–H and O–H groups in total. The summed E-state index contributed by atoms with van der Waals surface area (Å²) in [6, 6.07) is 4.78. The van der Waals surface area contributed by atoms with Crippen molar-refractivity contribution in [2.45, 2.75) is 18.6 Å². The number of methoxy groups -OCH3 is 1. The summed E-state index contributed by atoms with van der Waals surface area (Å²) >= 11 is 0. The van der Waals surface area contributed by atoms with E-state index in [0.29, 0.717) is 17.1 Å². The molecule has 0 bridgehead atoms. The molecule has 0 radical (unpaired) electrons. The molecule has 0 aliphatic carbocycles. The molecular weight excluding hydrogens is 310 g/mol. The first-order chi connectivity index (χ1) is 10.2. The lowest BCUT2D eigenvalue weighted by Gasteiger charge is -2.20. The highest BCUT2D eigenvalue weighted by atomic mass is 32.2. The molecule has 22 heavy (non-hydrogen) atoms. The molecule has 1 saturated heterocycles. The molecule has 1 aliphatic heterocycles. The normalized spacial score (nSPS) is 18.4. The van der Waals surface area contributed by atoms with Crippen LogP contribution in [0.2, 0.25) is 0 Å². The number of carbonyl (C=O) groups is 2. The number of nitrogens with one attached hydrogen (secondary N) is 1. The maximum absolute atomic E-state index is 12.1. The number of carbonyl (C=O) groups excluding carboxylic acids is 2. The Morgan fingerprint density at radius 2 is 2.14 bits per heavy atom. The van der Waals surface area contributed by atoms with Crippen molar-refractivity contribution in [2.24, 2.45) is 5.14 Å². The van der Waals surface area contributed by atoms with Crippen LogP contribution in [0.25, 0.3) is 0 Å². The first-order valence-electron chi connectivity index (χ1n) is 6.50. The number of amides is 2. The second-order valence-electron chi connectivity index (χ2n) is 4.99. The van der Waals surface area contributed by atoms with Crippen molar-refractivity contribution in [1.82, 2.24) is 0 Å². The van der Waals surface area contributed by atoms with Gasteiger partial charge in [-0.2, -0.15) is 0 Å². The summed E-state index contributed by atoms with van der Waals surface area (Å²) in [5.74, 6) is -0.221. The van der Waals surface area contributed by atoms with E-state index in [4.69, 9.17) is 9.88 Å². The molecule has 0 saturated carbocycles. The van der Waals surface area contributed by atoms with Crippen molar-refractivity contribution in [1.29, 1.82) is 0 Å². The molecule has 1 unspecified atom stereocenters. The van der Waals surface area contributed by atoms with Gasteiger partial charge in [0, 0.05) is 25.6 Å². The molecule has 1 aromatic rings. The number of ether oxygens (including phenoxy) is 1. The Labute approximate surface area is 128 Å². The fourth-order valence-corrected chi connectivity index (χ4v) is 3.04. The van der Waals surface area contributed by atoms with Gasteiger partial charge in [-0.3, -0.25) is 9.59 Å². The number of nitrogens with two attached hydrogens (primary N) is 1. The lowest BCUT2D eigenvalue weighted by Crippen LogP contribution is -2.32. The predicted octanol–water partition coefficient (Wildman–Crippen LogP) is 0.0474. The lowest BCUT2D eigenvalue weighted by atomic mass is 10.2. The molecule has 0 aromatic heterocycles. The minimum Gasteiger partial charge on any atom is -0.495 e. The van der Waals surface area contributed by atoms with Crippen molar-refractivity contribution >= 4 is 33.2 Å². The van der Waals surface area contributed by atoms with E-state index < -0.39 is 15.3 Å². The molecule has 9 heteroatoms. The van der Waals surface area contributed by atoms with Crippen LogP contribution in [0.5, 0.6) is 5.75 Å². The molecular formula is C13H17N3O5S. The number of primary sulfonamides is 1. The van der Waals surface area contributed by atoms with Gasteiger partial charge in [-0.1, -0.05) is 0 Å². The van der Waals surface area contributed by atoms with Gasteiger partial charge in [0.15, 0.2) is 0 Å². The van der Waals surface area contributed by atoms with Crippen LogP contribution in [0.3, 0.4) is 0 Å². The summed E-state index contributed by atoms with van der Waals surface area (Å²) < 4.78 is 28.1. The quantitative estimate of drug-likeness (QED) is 0.810. The third-order valence-electron chi connectivity index (χ3n) is 3.34. The number of anilines is 2. The third kappa shape index (κ3) is 3.37. The van der Waals surface area contributed by atoms with E-state index >= 15 is 0 Å². The van der Waals surface area contributed by atoms with Gasteiger partial charge in [0.2, 0.25) is 21.8 Å². The average molecular weight is 327 g/mol. The summed E-state index contributed by atoms with van der Waals surface area (Å²) in [5, 5.41) is 6.77. The summed E-state index contributed by atoms with van der Waals surface area (Å²) in [6.07, 6.45) is -0.174. The first kappa shape index (κ1) is 16.2. The largest absolute Gasteiger partial charge is 0.495 e. The van der Waals surface area contributed by atoms with Crippen LogP contribution >= 0.6 is 0 Å². The van der Waals surface area contributed by atoms with Gasteiger partial charge in [0.05, 0.1) is 12.8 Å². The molecule has 1 atom stereocenters. The highest BCUT2D eigenvalue weighted by Crippen LogP contribution is 2.34. The van der Waals surface area contributed by atoms with Crippen LogP contribution in [0.1, 0.15) is 13.3 Å². The monoisotopic (exact) mass is 327 g/mol. The fourth-order valence-electron chi connectivity index (χ4n) is 2.31. The Bertz CT molecular complexity index is 716. The Kier molecular flexibility index (Phi) is 4.38. The Morgan fingerprint density at radius 3 is 2.64 bits per heavy atom. The van der Waals surface area contributed by atoms with Gasteiger partial charge in [-0.05, 0) is 18.2 Å². The van der Waals surface area contributed by atoms with Crippen LogP contribution in [0.4, 0.5) is 11.4 Å². The number of sulfonamides is 1. The summed E-state index contributed by atoms with van der Waals surface area (Å²) in [6.45, 7) is 1.32. The van der Waals surface area contributed by atoms with Crippen LogP contribution in [-0.2, 0) is 19.6 Å². The molecule has 1 fully saturated rings. The van der Waals surface area contributed by atoms with E-state index in [0.717, 1.165) is 0 Å². The zero-order valence-corrected chi connectivity index (χ0v) is 13.0. The van der Waals surface area contributed by atoms with Crippen molar-refractivity contribution in [3.63, 3.8) is 0 Å². The molecule has 0 spiro atoms. The van der Waals surface area contributed by atoms with E-state index in [2.05, 4.69) is 5.32 Å². The minimum absolute atomic E-state index is 0.0441. The summed E-state index contributed by atoms with van der Waals surface area (Å²) in [5.41, 5.74) is 0.875. The van der Waals surface area contributed by atoms with Crippen molar-refractivity contribution in [2.75, 3.05) is 23.9 Å². The number of hydrogen-bond donors (Lipinski definition) is 2. The maximum Gasteiger partial charge on any atom is 0.228 e. The average Bonchev–Trinajstić information content (AvgIpc) is 2.80. The van der Waals surface area contributed by atoms with E-state index in [9.17, 15) is 18.0 Å².